The average Bonchev–Trinajstić information content (AvgIpc) is 2.62. The third-order valence-electron chi connectivity index (χ3n) is 4.22. The predicted molar refractivity (Wildman–Crippen MR) is 104 cm³/mol. The van der Waals surface area contributed by atoms with Crippen molar-refractivity contribution < 1.29 is 14.3 Å². The van der Waals surface area contributed by atoms with Crippen LogP contribution in [0.2, 0.25) is 0 Å². The number of unbranched alkanes of at least 4 members (excludes halogenated alkanes) is 8. The highest BCUT2D eigenvalue weighted by Gasteiger charge is 2.09. The molecule has 1 heterocycles. The monoisotopic (exact) mass is 378 g/mol. The summed E-state index contributed by atoms with van der Waals surface area (Å²) in [5.74, 6) is -0.774. The van der Waals surface area contributed by atoms with E-state index < -0.39 is 17.2 Å². The number of nitrogens with zero attached hydrogens (tertiary/aromatic N) is 1. The number of H-pyrrole nitrogens is 1. The van der Waals surface area contributed by atoms with E-state index in [0.29, 0.717) is 23.2 Å². The van der Waals surface area contributed by atoms with Gasteiger partial charge in [-0.25, -0.2) is 9.59 Å². The van der Waals surface area contributed by atoms with Gasteiger partial charge in [-0.15, -0.1) is 0 Å². The number of rotatable bonds is 13. The molecule has 7 heteroatoms. The standard InChI is InChI=1S/C20H30N2O5/c1-16(2)19(25)27-15-11-9-7-5-3-4-6-8-10-12-17(23)22-18(24)13-14-21-20(22)26/h13-14H,1,3-12,15H2,2H3,(H,21,26). The number of ether oxygens (including phenoxy) is 1. The summed E-state index contributed by atoms with van der Waals surface area (Å²) < 4.78 is 5.69. The second-order valence-electron chi connectivity index (χ2n) is 6.70. The molecule has 0 aromatic carbocycles. The van der Waals surface area contributed by atoms with Crippen LogP contribution in [0.25, 0.3) is 0 Å². The van der Waals surface area contributed by atoms with Crippen LogP contribution in [0, 0.1) is 0 Å². The molecule has 1 aromatic rings. The summed E-state index contributed by atoms with van der Waals surface area (Å²) in [4.78, 5) is 48.5. The number of carbonyl (C=O) groups excluding carboxylic acids is 2. The van der Waals surface area contributed by atoms with Crippen molar-refractivity contribution in [1.82, 2.24) is 9.55 Å². The SMILES string of the molecule is C=C(C)C(=O)OCCCCCCCCCCCC(=O)n1c(=O)cc[nH]c1=O. The van der Waals surface area contributed by atoms with Gasteiger partial charge in [0.2, 0.25) is 5.91 Å². The van der Waals surface area contributed by atoms with Gasteiger partial charge in [0.1, 0.15) is 0 Å². The van der Waals surface area contributed by atoms with Gasteiger partial charge in [-0.3, -0.25) is 9.59 Å². The summed E-state index contributed by atoms with van der Waals surface area (Å²) >= 11 is 0. The van der Waals surface area contributed by atoms with Crippen LogP contribution in [0.3, 0.4) is 0 Å². The number of aromatic amines is 1. The maximum atomic E-state index is 11.9. The lowest BCUT2D eigenvalue weighted by Gasteiger charge is -2.05. The number of carbonyl (C=O) groups is 2. The first kappa shape index (κ1) is 22.6. The molecule has 0 amide bonds. The molecule has 0 aliphatic rings. The number of esters is 1. The molecule has 1 aromatic heterocycles. The van der Waals surface area contributed by atoms with Gasteiger partial charge in [0.15, 0.2) is 0 Å². The van der Waals surface area contributed by atoms with Crippen molar-refractivity contribution in [3.8, 4) is 0 Å². The Kier molecular flexibility index (Phi) is 10.7. The fourth-order valence-corrected chi connectivity index (χ4v) is 2.68. The maximum absolute atomic E-state index is 11.9. The lowest BCUT2D eigenvalue weighted by molar-refractivity contribution is -0.139. The molecule has 27 heavy (non-hydrogen) atoms. The van der Waals surface area contributed by atoms with Gasteiger partial charge in [0, 0.05) is 24.3 Å². The zero-order chi connectivity index (χ0) is 20.1. The Hall–Kier alpha value is -2.44. The van der Waals surface area contributed by atoms with E-state index in [2.05, 4.69) is 11.6 Å². The minimum Gasteiger partial charge on any atom is -0.462 e. The average molecular weight is 378 g/mol. The van der Waals surface area contributed by atoms with Crippen molar-refractivity contribution in [2.24, 2.45) is 0 Å². The number of nitrogens with one attached hydrogen (secondary N) is 1. The van der Waals surface area contributed by atoms with Crippen molar-refractivity contribution >= 4 is 11.9 Å². The van der Waals surface area contributed by atoms with Gasteiger partial charge in [-0.2, -0.15) is 4.57 Å². The molecule has 0 radical (unpaired) electrons. The Morgan fingerprint density at radius 3 is 2.11 bits per heavy atom. The lowest BCUT2D eigenvalue weighted by Crippen LogP contribution is -2.38. The predicted octanol–water partition coefficient (Wildman–Crippen LogP) is 3.20. The van der Waals surface area contributed by atoms with Crippen LogP contribution in [0.1, 0.15) is 75.9 Å². The van der Waals surface area contributed by atoms with E-state index in [9.17, 15) is 19.2 Å². The van der Waals surface area contributed by atoms with Crippen molar-refractivity contribution in [2.75, 3.05) is 6.61 Å². The van der Waals surface area contributed by atoms with Crippen molar-refractivity contribution in [3.63, 3.8) is 0 Å². The molecule has 0 spiro atoms. The second kappa shape index (κ2) is 12.8. The van der Waals surface area contributed by atoms with Crippen LogP contribution in [0.15, 0.2) is 34.0 Å². The van der Waals surface area contributed by atoms with E-state index in [-0.39, 0.29) is 12.4 Å². The second-order valence-corrected chi connectivity index (χ2v) is 6.70. The minimum absolute atomic E-state index is 0.204. The molecule has 7 nitrogen and oxygen atoms in total. The van der Waals surface area contributed by atoms with E-state index in [4.69, 9.17) is 4.74 Å². The summed E-state index contributed by atoms with van der Waals surface area (Å²) in [7, 11) is 0. The van der Waals surface area contributed by atoms with E-state index in [0.717, 1.165) is 51.4 Å². The van der Waals surface area contributed by atoms with Crippen LogP contribution in [-0.2, 0) is 9.53 Å². The van der Waals surface area contributed by atoms with Gasteiger partial charge in [0.05, 0.1) is 6.61 Å². The normalized spacial score (nSPS) is 10.6. The highest BCUT2D eigenvalue weighted by Crippen LogP contribution is 2.11. The highest BCUT2D eigenvalue weighted by molar-refractivity contribution is 5.86. The Morgan fingerprint density at radius 1 is 1.00 bits per heavy atom. The van der Waals surface area contributed by atoms with E-state index in [1.807, 2.05) is 0 Å². The van der Waals surface area contributed by atoms with Crippen molar-refractivity contribution in [2.45, 2.75) is 71.1 Å². The first-order chi connectivity index (χ1) is 12.9. The zero-order valence-electron chi connectivity index (χ0n) is 16.1. The van der Waals surface area contributed by atoms with E-state index >= 15 is 0 Å². The molecule has 0 fully saturated rings. The van der Waals surface area contributed by atoms with Crippen molar-refractivity contribution in [1.29, 1.82) is 0 Å². The van der Waals surface area contributed by atoms with Gasteiger partial charge in [-0.05, 0) is 19.8 Å². The maximum Gasteiger partial charge on any atom is 0.335 e. The largest absolute Gasteiger partial charge is 0.462 e. The molecular weight excluding hydrogens is 348 g/mol. The lowest BCUT2D eigenvalue weighted by atomic mass is 10.1. The Labute approximate surface area is 159 Å². The fourth-order valence-electron chi connectivity index (χ4n) is 2.68. The Bertz CT molecular complexity index is 704. The molecule has 0 saturated heterocycles. The van der Waals surface area contributed by atoms with Gasteiger partial charge < -0.3 is 9.72 Å². The molecule has 0 unspecified atom stereocenters. The smallest absolute Gasteiger partial charge is 0.335 e. The first-order valence-electron chi connectivity index (χ1n) is 9.60. The third kappa shape index (κ3) is 9.17. The van der Waals surface area contributed by atoms with Gasteiger partial charge in [0.25, 0.3) is 5.56 Å². The molecule has 1 N–H and O–H groups in total. The van der Waals surface area contributed by atoms with Crippen LogP contribution in [0.4, 0.5) is 0 Å². The van der Waals surface area contributed by atoms with Gasteiger partial charge >= 0.3 is 11.7 Å². The Balaban J connectivity index is 1.98. The molecule has 0 aliphatic heterocycles. The van der Waals surface area contributed by atoms with E-state index in [1.54, 1.807) is 6.92 Å². The number of aromatic nitrogens is 2. The highest BCUT2D eigenvalue weighted by atomic mass is 16.5. The molecule has 1 rings (SSSR count). The fraction of sp³-hybridized carbons (Fsp3) is 0.600. The molecule has 0 saturated carbocycles. The third-order valence-corrected chi connectivity index (χ3v) is 4.22. The summed E-state index contributed by atoms with van der Waals surface area (Å²) in [6, 6.07) is 1.17. The molecular formula is C20H30N2O5. The van der Waals surface area contributed by atoms with Crippen molar-refractivity contribution in [3.05, 3.63) is 45.3 Å². The molecule has 0 aliphatic carbocycles. The number of hydrogen-bond acceptors (Lipinski definition) is 5. The Morgan fingerprint density at radius 2 is 1.56 bits per heavy atom. The van der Waals surface area contributed by atoms with Crippen LogP contribution >= 0.6 is 0 Å². The molecule has 0 atom stereocenters. The summed E-state index contributed by atoms with van der Waals surface area (Å²) in [6.45, 7) is 5.62. The summed E-state index contributed by atoms with van der Waals surface area (Å²) in [5.41, 5.74) is -0.834. The summed E-state index contributed by atoms with van der Waals surface area (Å²) in [5, 5.41) is 0. The van der Waals surface area contributed by atoms with Crippen LogP contribution in [0.5, 0.6) is 0 Å². The van der Waals surface area contributed by atoms with Gasteiger partial charge in [-0.1, -0.05) is 51.5 Å². The molecule has 0 bridgehead atoms. The van der Waals surface area contributed by atoms with Crippen LogP contribution in [-0.4, -0.2) is 28.0 Å². The first-order valence-corrected chi connectivity index (χ1v) is 9.60. The topological polar surface area (TPSA) is 98.2 Å². The zero-order valence-corrected chi connectivity index (χ0v) is 16.1. The minimum atomic E-state index is -0.679. The van der Waals surface area contributed by atoms with E-state index in [1.165, 1.54) is 12.3 Å². The summed E-state index contributed by atoms with van der Waals surface area (Å²) in [6.07, 6.45) is 10.5. The number of hydrogen-bond donors (Lipinski definition) is 1. The quantitative estimate of drug-likeness (QED) is 0.323. The van der Waals surface area contributed by atoms with Crippen LogP contribution < -0.4 is 11.2 Å². The molecule has 150 valence electrons.